The molecule has 0 spiro atoms. The van der Waals surface area contributed by atoms with E-state index in [1.807, 2.05) is 0 Å². The third kappa shape index (κ3) is 4.80. The van der Waals surface area contributed by atoms with E-state index in [-0.39, 0.29) is 4.90 Å². The summed E-state index contributed by atoms with van der Waals surface area (Å²) < 4.78 is 24.9. The van der Waals surface area contributed by atoms with Gasteiger partial charge in [-0.25, -0.2) is 17.9 Å². The van der Waals surface area contributed by atoms with Crippen LogP contribution < -0.4 is 15.3 Å². The van der Waals surface area contributed by atoms with Crippen LogP contribution in [-0.4, -0.2) is 19.3 Å². The molecule has 0 radical (unpaired) electrons. The number of benzene rings is 1. The first-order chi connectivity index (χ1) is 7.71. The third-order valence-corrected chi connectivity index (χ3v) is 3.69. The molecule has 10 heteroatoms. The number of amides is 2. The Labute approximate surface area is 103 Å². The second kappa shape index (κ2) is 5.11. The zero-order chi connectivity index (χ0) is 13.1. The summed E-state index contributed by atoms with van der Waals surface area (Å²) in [6.07, 6.45) is 0. The van der Waals surface area contributed by atoms with Gasteiger partial charge in [0.1, 0.15) is 0 Å². The molecule has 1 aromatic rings. The molecule has 1 aromatic carbocycles. The van der Waals surface area contributed by atoms with Crippen LogP contribution >= 0.6 is 6.57 Å². The molecule has 5 N–H and O–H groups in total. The predicted octanol–water partition coefficient (Wildman–Crippen LogP) is -0.150. The normalized spacial score (nSPS) is 14.7. The fraction of sp³-hybridized carbons (Fsp3) is 0. The summed E-state index contributed by atoms with van der Waals surface area (Å²) in [7, 11) is -3.99. The maximum absolute atomic E-state index is 11.6. The number of nitrogens with one attached hydrogen (secondary N) is 2. The van der Waals surface area contributed by atoms with Gasteiger partial charge in [-0.3, -0.25) is 10.6 Å². The molecule has 0 aliphatic carbocycles. The smallest absolute Gasteiger partial charge is 0.335 e. The lowest BCUT2D eigenvalue weighted by Crippen LogP contribution is -2.38. The summed E-state index contributed by atoms with van der Waals surface area (Å²) >= 11 is 4.34. The Hall–Kier alpha value is -0.990. The fourth-order valence-corrected chi connectivity index (χ4v) is 2.55. The SMILES string of the molecule is NP(O)(=S)NC(=O)NS(=O)(=O)c1ccccc1. The van der Waals surface area contributed by atoms with Crippen molar-refractivity contribution in [3.63, 3.8) is 0 Å². The number of urea groups is 1. The summed E-state index contributed by atoms with van der Waals surface area (Å²) in [4.78, 5) is 20.1. The van der Waals surface area contributed by atoms with Gasteiger partial charge < -0.3 is 4.89 Å². The topological polar surface area (TPSA) is 122 Å². The van der Waals surface area contributed by atoms with E-state index in [2.05, 4.69) is 11.8 Å². The van der Waals surface area contributed by atoms with Crippen molar-refractivity contribution in [2.45, 2.75) is 4.90 Å². The molecule has 0 saturated carbocycles. The number of carbonyl (C=O) groups excluding carboxylic acids is 1. The van der Waals surface area contributed by atoms with Gasteiger partial charge in [-0.15, -0.1) is 0 Å². The van der Waals surface area contributed by atoms with Crippen LogP contribution in [-0.2, 0) is 21.8 Å². The Morgan fingerprint density at radius 3 is 2.35 bits per heavy atom. The molecule has 94 valence electrons. The van der Waals surface area contributed by atoms with Crippen molar-refractivity contribution in [2.75, 3.05) is 0 Å². The Balaban J connectivity index is 2.82. The minimum atomic E-state index is -3.99. The van der Waals surface area contributed by atoms with Gasteiger partial charge in [0.25, 0.3) is 10.0 Å². The number of carbonyl (C=O) groups is 1. The molecular weight excluding hydrogens is 285 g/mol. The number of hydrogen-bond acceptors (Lipinski definition) is 4. The van der Waals surface area contributed by atoms with Crippen molar-refractivity contribution in [3.8, 4) is 0 Å². The summed E-state index contributed by atoms with van der Waals surface area (Å²) in [5.74, 6) is 0. The maximum atomic E-state index is 11.6. The summed E-state index contributed by atoms with van der Waals surface area (Å²) in [5, 5.41) is 1.78. The molecule has 0 aliphatic rings. The second-order valence-corrected chi connectivity index (χ2v) is 7.80. The molecule has 0 heterocycles. The molecule has 0 fully saturated rings. The van der Waals surface area contributed by atoms with E-state index in [1.54, 1.807) is 15.9 Å². The highest BCUT2D eigenvalue weighted by atomic mass is 32.4. The molecule has 0 aromatic heterocycles. The second-order valence-electron chi connectivity index (χ2n) is 2.98. The number of nitrogens with two attached hydrogens (primary N) is 1. The molecule has 1 atom stereocenters. The lowest BCUT2D eigenvalue weighted by Gasteiger charge is -2.12. The van der Waals surface area contributed by atoms with E-state index in [0.717, 1.165) is 0 Å². The first-order valence-electron chi connectivity index (χ1n) is 4.22. The summed E-state index contributed by atoms with van der Waals surface area (Å²) in [6, 6.07) is 6.10. The van der Waals surface area contributed by atoms with Crippen LogP contribution in [0.4, 0.5) is 4.79 Å². The van der Waals surface area contributed by atoms with Crippen LogP contribution in [0.1, 0.15) is 0 Å². The van der Waals surface area contributed by atoms with Gasteiger partial charge in [-0.2, -0.15) is 0 Å². The van der Waals surface area contributed by atoms with Gasteiger partial charge in [0.05, 0.1) is 4.90 Å². The van der Waals surface area contributed by atoms with Crippen LogP contribution in [0.3, 0.4) is 0 Å². The lowest BCUT2D eigenvalue weighted by atomic mass is 10.4. The maximum Gasteiger partial charge on any atom is 0.335 e. The lowest BCUT2D eigenvalue weighted by molar-refractivity contribution is 0.250. The number of sulfonamides is 1. The zero-order valence-corrected chi connectivity index (χ0v) is 10.9. The van der Waals surface area contributed by atoms with Crippen molar-refractivity contribution in [3.05, 3.63) is 30.3 Å². The van der Waals surface area contributed by atoms with Crippen molar-refractivity contribution in [1.29, 1.82) is 0 Å². The minimum absolute atomic E-state index is 0.0848. The van der Waals surface area contributed by atoms with Gasteiger partial charge in [0, 0.05) is 0 Å². The molecule has 17 heavy (non-hydrogen) atoms. The largest absolute Gasteiger partial charge is 0.339 e. The predicted molar refractivity (Wildman–Crippen MR) is 66.0 cm³/mol. The van der Waals surface area contributed by atoms with E-state index in [4.69, 9.17) is 10.4 Å². The molecule has 1 unspecified atom stereocenters. The molecular formula is C7H10N3O4PS2. The Bertz CT molecular complexity index is 554. The number of hydrogen-bond donors (Lipinski definition) is 4. The highest BCUT2D eigenvalue weighted by molar-refractivity contribution is 8.10. The first-order valence-corrected chi connectivity index (χ1v) is 8.53. The molecule has 2 amide bonds. The van der Waals surface area contributed by atoms with Crippen LogP contribution in [0, 0.1) is 0 Å². The van der Waals surface area contributed by atoms with Gasteiger partial charge in [-0.05, 0) is 23.9 Å². The first kappa shape index (κ1) is 14.1. The minimum Gasteiger partial charge on any atom is -0.339 e. The van der Waals surface area contributed by atoms with Gasteiger partial charge >= 0.3 is 6.03 Å². The van der Waals surface area contributed by atoms with Crippen LogP contribution in [0.15, 0.2) is 35.2 Å². The van der Waals surface area contributed by atoms with Crippen LogP contribution in [0.25, 0.3) is 0 Å². The summed E-state index contributed by atoms with van der Waals surface area (Å²) in [6.45, 7) is -3.49. The van der Waals surface area contributed by atoms with Crippen LogP contribution in [0.2, 0.25) is 0 Å². The van der Waals surface area contributed by atoms with Crippen molar-refractivity contribution in [2.24, 2.45) is 5.50 Å². The van der Waals surface area contributed by atoms with Crippen molar-refractivity contribution in [1.82, 2.24) is 9.81 Å². The Morgan fingerprint density at radius 2 is 1.88 bits per heavy atom. The van der Waals surface area contributed by atoms with E-state index < -0.39 is 22.6 Å². The molecule has 1 rings (SSSR count). The highest BCUT2D eigenvalue weighted by Crippen LogP contribution is 2.23. The third-order valence-electron chi connectivity index (χ3n) is 1.54. The van der Waals surface area contributed by atoms with Gasteiger partial charge in [0.2, 0.25) is 6.57 Å². The van der Waals surface area contributed by atoms with Gasteiger partial charge in [-0.1, -0.05) is 18.2 Å². The summed E-state index contributed by atoms with van der Waals surface area (Å²) in [5.41, 5.74) is 5.01. The molecule has 0 aliphatic heterocycles. The van der Waals surface area contributed by atoms with Gasteiger partial charge in [0.15, 0.2) is 0 Å². The highest BCUT2D eigenvalue weighted by Gasteiger charge is 2.19. The Morgan fingerprint density at radius 1 is 1.35 bits per heavy atom. The quantitative estimate of drug-likeness (QED) is 0.575. The standard InChI is InChI=1S/C7H10N3O4PS2/c8-15(12,16)9-7(11)10-17(13,14)6-4-2-1-3-5-6/h1-5H,(H5,8,9,10,11,12,16). The molecule has 0 bridgehead atoms. The average molecular weight is 295 g/mol. The molecule has 7 nitrogen and oxygen atoms in total. The van der Waals surface area contributed by atoms with Crippen molar-refractivity contribution < 1.29 is 18.1 Å². The average Bonchev–Trinajstić information content (AvgIpc) is 2.15. The van der Waals surface area contributed by atoms with E-state index in [1.165, 1.54) is 24.3 Å². The molecule has 0 saturated heterocycles. The van der Waals surface area contributed by atoms with Crippen molar-refractivity contribution >= 4 is 34.4 Å². The zero-order valence-electron chi connectivity index (χ0n) is 8.40. The fourth-order valence-electron chi connectivity index (χ4n) is 0.949. The van der Waals surface area contributed by atoms with Crippen LogP contribution in [0.5, 0.6) is 0 Å². The monoisotopic (exact) mass is 295 g/mol. The van der Waals surface area contributed by atoms with E-state index >= 15 is 0 Å². The van der Waals surface area contributed by atoms with E-state index in [0.29, 0.717) is 0 Å². The number of rotatable bonds is 3. The Kier molecular flexibility index (Phi) is 4.23. The van der Waals surface area contributed by atoms with E-state index in [9.17, 15) is 13.2 Å².